The van der Waals surface area contributed by atoms with E-state index in [1.807, 2.05) is 6.07 Å². The number of sulfonamides is 1. The van der Waals surface area contributed by atoms with Crippen LogP contribution in [0.15, 0.2) is 53.4 Å². The van der Waals surface area contributed by atoms with Gasteiger partial charge in [-0.1, -0.05) is 0 Å². The minimum atomic E-state index is -3.84. The predicted octanol–water partition coefficient (Wildman–Crippen LogP) is 1.65. The number of carbonyl (C=O) groups excluding carboxylic acids is 1. The minimum absolute atomic E-state index is 0.0206. The number of ether oxygens (including phenoxy) is 1. The maximum Gasteiger partial charge on any atom is 0.245 e. The number of benzene rings is 2. The molecule has 1 fully saturated rings. The first-order valence-electron chi connectivity index (χ1n) is 7.92. The molecule has 0 radical (unpaired) electrons. The van der Waals surface area contributed by atoms with Gasteiger partial charge in [0.15, 0.2) is 0 Å². The molecule has 26 heavy (non-hydrogen) atoms. The van der Waals surface area contributed by atoms with Crippen LogP contribution in [0.4, 0.5) is 5.69 Å². The van der Waals surface area contributed by atoms with Gasteiger partial charge in [-0.2, -0.15) is 9.98 Å². The van der Waals surface area contributed by atoms with Crippen molar-refractivity contribution in [2.24, 2.45) is 0 Å². The average molecular weight is 371 g/mol. The average Bonchev–Trinajstić information content (AvgIpc) is 3.01. The summed E-state index contributed by atoms with van der Waals surface area (Å²) in [6, 6.07) is 13.7. The molecule has 1 heterocycles. The molecule has 0 aliphatic carbocycles. The molecule has 3 rings (SSSR count). The molecule has 1 aliphatic rings. The monoisotopic (exact) mass is 371 g/mol. The molecule has 0 saturated carbocycles. The largest absolute Gasteiger partial charge is 0.497 e. The summed E-state index contributed by atoms with van der Waals surface area (Å²) >= 11 is 0. The van der Waals surface area contributed by atoms with Crippen molar-refractivity contribution in [3.05, 3.63) is 54.1 Å². The van der Waals surface area contributed by atoms with E-state index in [4.69, 9.17) is 10.00 Å². The summed E-state index contributed by atoms with van der Waals surface area (Å²) in [7, 11) is -2.29. The summed E-state index contributed by atoms with van der Waals surface area (Å²) in [6.45, 7) is 0.422. The maximum atomic E-state index is 12.6. The van der Waals surface area contributed by atoms with Gasteiger partial charge in [0.05, 0.1) is 23.6 Å². The lowest BCUT2D eigenvalue weighted by Crippen LogP contribution is -2.41. The molecule has 1 amide bonds. The molecule has 7 nitrogen and oxygen atoms in total. The molecule has 0 unspecified atom stereocenters. The van der Waals surface area contributed by atoms with Crippen molar-refractivity contribution in [3.8, 4) is 11.8 Å². The number of methoxy groups -OCH3 is 1. The molecular weight excluding hydrogens is 354 g/mol. The summed E-state index contributed by atoms with van der Waals surface area (Å²) in [4.78, 5) is 14.2. The molecule has 0 aromatic heterocycles. The first kappa shape index (κ1) is 17.9. The van der Waals surface area contributed by atoms with E-state index in [0.29, 0.717) is 30.0 Å². The number of hydrogen-bond donors (Lipinski definition) is 1. The van der Waals surface area contributed by atoms with E-state index >= 15 is 0 Å². The molecular formula is C18H17N3O4S. The highest BCUT2D eigenvalue weighted by atomic mass is 32.2. The third-order valence-electron chi connectivity index (χ3n) is 4.18. The smallest absolute Gasteiger partial charge is 0.245 e. The van der Waals surface area contributed by atoms with E-state index in [1.165, 1.54) is 24.3 Å². The summed E-state index contributed by atoms with van der Waals surface area (Å²) in [5.41, 5.74) is 1.06. The SMILES string of the molecule is COc1ccc(N2CC[C@H](NS(=O)(=O)c3ccc(C#N)cc3)C2=O)cc1. The number of nitrogens with zero attached hydrogens (tertiary/aromatic N) is 2. The van der Waals surface area contributed by atoms with Crippen molar-refractivity contribution in [2.45, 2.75) is 17.4 Å². The van der Waals surface area contributed by atoms with Crippen LogP contribution >= 0.6 is 0 Å². The van der Waals surface area contributed by atoms with Gasteiger partial charge in [0.1, 0.15) is 11.8 Å². The van der Waals surface area contributed by atoms with E-state index in [2.05, 4.69) is 4.72 Å². The molecule has 134 valence electrons. The highest BCUT2D eigenvalue weighted by molar-refractivity contribution is 7.89. The molecule has 8 heteroatoms. The minimum Gasteiger partial charge on any atom is -0.497 e. The zero-order valence-electron chi connectivity index (χ0n) is 14.0. The van der Waals surface area contributed by atoms with Crippen molar-refractivity contribution >= 4 is 21.6 Å². The normalized spacial score (nSPS) is 17.2. The number of amides is 1. The van der Waals surface area contributed by atoms with Crippen molar-refractivity contribution in [2.75, 3.05) is 18.6 Å². The summed E-state index contributed by atoms with van der Waals surface area (Å²) in [6.07, 6.45) is 0.375. The summed E-state index contributed by atoms with van der Waals surface area (Å²) in [5, 5.41) is 8.79. The third kappa shape index (κ3) is 3.54. The second-order valence-electron chi connectivity index (χ2n) is 5.79. The van der Waals surface area contributed by atoms with Gasteiger partial charge in [-0.05, 0) is 55.0 Å². The van der Waals surface area contributed by atoms with Crippen molar-refractivity contribution in [1.82, 2.24) is 4.72 Å². The lowest BCUT2D eigenvalue weighted by atomic mass is 10.2. The fraction of sp³-hybridized carbons (Fsp3) is 0.222. The van der Waals surface area contributed by atoms with Crippen LogP contribution < -0.4 is 14.4 Å². The Balaban J connectivity index is 1.74. The molecule has 0 spiro atoms. The first-order valence-corrected chi connectivity index (χ1v) is 9.41. The third-order valence-corrected chi connectivity index (χ3v) is 5.67. The number of nitrogens with one attached hydrogen (secondary N) is 1. The Morgan fingerprint density at radius 3 is 2.38 bits per heavy atom. The van der Waals surface area contributed by atoms with E-state index in [9.17, 15) is 13.2 Å². The van der Waals surface area contributed by atoms with Gasteiger partial charge in [-0.3, -0.25) is 4.79 Å². The van der Waals surface area contributed by atoms with Crippen LogP contribution in [0.1, 0.15) is 12.0 Å². The van der Waals surface area contributed by atoms with Gasteiger partial charge in [0.25, 0.3) is 0 Å². The Hall–Kier alpha value is -2.89. The van der Waals surface area contributed by atoms with E-state index < -0.39 is 16.1 Å². The Kier molecular flexibility index (Phi) is 4.93. The lowest BCUT2D eigenvalue weighted by molar-refractivity contribution is -0.118. The number of anilines is 1. The Labute approximate surface area is 151 Å². The first-order chi connectivity index (χ1) is 12.4. The molecule has 1 saturated heterocycles. The van der Waals surface area contributed by atoms with Gasteiger partial charge >= 0.3 is 0 Å². The quantitative estimate of drug-likeness (QED) is 0.861. The standard InChI is InChI=1S/C18H17N3O4S/c1-25-15-6-4-14(5-7-15)21-11-10-17(18(21)22)20-26(23,24)16-8-2-13(12-19)3-9-16/h2-9,17,20H,10-11H2,1H3/t17-/m0/s1. The van der Waals surface area contributed by atoms with Crippen LogP contribution in [0.2, 0.25) is 0 Å². The van der Waals surface area contributed by atoms with Crippen LogP contribution in [0.5, 0.6) is 5.75 Å². The summed E-state index contributed by atoms with van der Waals surface area (Å²) in [5.74, 6) is 0.380. The van der Waals surface area contributed by atoms with Gasteiger partial charge in [0.2, 0.25) is 15.9 Å². The zero-order valence-corrected chi connectivity index (χ0v) is 14.9. The van der Waals surface area contributed by atoms with Gasteiger partial charge in [0, 0.05) is 12.2 Å². The number of rotatable bonds is 5. The number of nitriles is 1. The van der Waals surface area contributed by atoms with E-state index in [0.717, 1.165) is 0 Å². The lowest BCUT2D eigenvalue weighted by Gasteiger charge is -2.17. The van der Waals surface area contributed by atoms with E-state index in [1.54, 1.807) is 36.3 Å². The molecule has 0 bridgehead atoms. The Bertz CT molecular complexity index is 947. The highest BCUT2D eigenvalue weighted by Gasteiger charge is 2.35. The molecule has 2 aromatic rings. The molecule has 1 aliphatic heterocycles. The second kappa shape index (κ2) is 7.15. The number of hydrogen-bond acceptors (Lipinski definition) is 5. The van der Waals surface area contributed by atoms with Crippen molar-refractivity contribution in [3.63, 3.8) is 0 Å². The van der Waals surface area contributed by atoms with Crippen LogP contribution in [0, 0.1) is 11.3 Å². The van der Waals surface area contributed by atoms with Crippen molar-refractivity contribution in [1.29, 1.82) is 5.26 Å². The molecule has 1 N–H and O–H groups in total. The van der Waals surface area contributed by atoms with Crippen molar-refractivity contribution < 1.29 is 17.9 Å². The van der Waals surface area contributed by atoms with Gasteiger partial charge < -0.3 is 9.64 Å². The Morgan fingerprint density at radius 1 is 1.15 bits per heavy atom. The van der Waals surface area contributed by atoms with Crippen LogP contribution in [-0.2, 0) is 14.8 Å². The van der Waals surface area contributed by atoms with Crippen LogP contribution in [-0.4, -0.2) is 34.0 Å². The number of carbonyl (C=O) groups is 1. The van der Waals surface area contributed by atoms with Gasteiger partial charge in [-0.25, -0.2) is 8.42 Å². The predicted molar refractivity (Wildman–Crippen MR) is 95.2 cm³/mol. The second-order valence-corrected chi connectivity index (χ2v) is 7.50. The zero-order chi connectivity index (χ0) is 18.7. The maximum absolute atomic E-state index is 12.6. The van der Waals surface area contributed by atoms with Crippen LogP contribution in [0.3, 0.4) is 0 Å². The molecule has 2 aromatic carbocycles. The highest BCUT2D eigenvalue weighted by Crippen LogP contribution is 2.25. The fourth-order valence-electron chi connectivity index (χ4n) is 2.77. The van der Waals surface area contributed by atoms with Crippen LogP contribution in [0.25, 0.3) is 0 Å². The molecule has 1 atom stereocenters. The Morgan fingerprint density at radius 2 is 1.81 bits per heavy atom. The van der Waals surface area contributed by atoms with E-state index in [-0.39, 0.29) is 10.8 Å². The van der Waals surface area contributed by atoms with Gasteiger partial charge in [-0.15, -0.1) is 0 Å². The topological polar surface area (TPSA) is 99.5 Å². The fourth-order valence-corrected chi connectivity index (χ4v) is 4.00. The summed E-state index contributed by atoms with van der Waals surface area (Å²) < 4.78 is 32.5.